The molecule has 0 bridgehead atoms. The van der Waals surface area contributed by atoms with E-state index < -0.39 is 17.8 Å². The third kappa shape index (κ3) is 2.94. The summed E-state index contributed by atoms with van der Waals surface area (Å²) in [4.78, 5) is 22.0. The molecule has 6 heteroatoms. The van der Waals surface area contributed by atoms with Crippen LogP contribution in [0.15, 0.2) is 24.3 Å². The molecule has 0 aromatic heterocycles. The lowest BCUT2D eigenvalue weighted by atomic mass is 10.2. The van der Waals surface area contributed by atoms with Crippen LogP contribution in [-0.2, 0) is 0 Å². The molecule has 80 valence electrons. The fourth-order valence-electron chi connectivity index (χ4n) is 0.889. The Kier molecular flexibility index (Phi) is 3.61. The minimum absolute atomic E-state index is 0.131. The van der Waals surface area contributed by atoms with Gasteiger partial charge in [0.25, 0.3) is 5.91 Å². The van der Waals surface area contributed by atoms with Crippen molar-refractivity contribution in [1.82, 2.24) is 16.2 Å². The van der Waals surface area contributed by atoms with Gasteiger partial charge in [-0.05, 0) is 12.1 Å². The molecule has 1 aromatic carbocycles. The largest absolute Gasteiger partial charge is 0.340 e. The van der Waals surface area contributed by atoms with E-state index in [1.807, 2.05) is 10.9 Å². The first-order valence-corrected chi connectivity index (χ1v) is 4.17. The van der Waals surface area contributed by atoms with Crippen LogP contribution in [0.4, 0.5) is 9.18 Å². The van der Waals surface area contributed by atoms with Gasteiger partial charge in [0.2, 0.25) is 0 Å². The Morgan fingerprint density at radius 3 is 2.47 bits per heavy atom. The van der Waals surface area contributed by atoms with Crippen LogP contribution in [0.5, 0.6) is 0 Å². The van der Waals surface area contributed by atoms with Crippen LogP contribution in [-0.4, -0.2) is 19.0 Å². The van der Waals surface area contributed by atoms with Gasteiger partial charge in [0.05, 0.1) is 5.56 Å². The quantitative estimate of drug-likeness (QED) is 0.588. The Labute approximate surface area is 85.6 Å². The number of urea groups is 1. The van der Waals surface area contributed by atoms with E-state index in [0.717, 1.165) is 6.07 Å². The van der Waals surface area contributed by atoms with Crippen LogP contribution in [0.1, 0.15) is 10.4 Å². The summed E-state index contributed by atoms with van der Waals surface area (Å²) in [6.07, 6.45) is 0. The predicted octanol–water partition coefficient (Wildman–Crippen LogP) is 0.399. The molecular weight excluding hydrogens is 201 g/mol. The number of carbonyl (C=O) groups excluding carboxylic acids is 2. The molecule has 1 aromatic rings. The number of hydrogen-bond donors (Lipinski definition) is 3. The van der Waals surface area contributed by atoms with Crippen molar-refractivity contribution in [3.05, 3.63) is 35.6 Å². The second-order valence-corrected chi connectivity index (χ2v) is 2.64. The molecule has 3 N–H and O–H groups in total. The highest BCUT2D eigenvalue weighted by molar-refractivity contribution is 5.95. The number of nitrogens with one attached hydrogen (secondary N) is 3. The van der Waals surface area contributed by atoms with Crippen molar-refractivity contribution in [3.63, 3.8) is 0 Å². The fourth-order valence-corrected chi connectivity index (χ4v) is 0.889. The molecule has 0 atom stereocenters. The molecule has 0 heterocycles. The fraction of sp³-hybridized carbons (Fsp3) is 0.111. The molecule has 0 unspecified atom stereocenters. The maximum absolute atomic E-state index is 13.1. The zero-order valence-corrected chi connectivity index (χ0v) is 8.00. The van der Waals surface area contributed by atoms with Crippen molar-refractivity contribution >= 4 is 11.9 Å². The Hall–Kier alpha value is -2.11. The SMILES string of the molecule is CNC(=O)NNC(=O)c1ccccc1F. The zero-order valence-electron chi connectivity index (χ0n) is 8.00. The third-order valence-corrected chi connectivity index (χ3v) is 1.64. The minimum Gasteiger partial charge on any atom is -0.340 e. The number of benzene rings is 1. The van der Waals surface area contributed by atoms with Gasteiger partial charge in [0.15, 0.2) is 0 Å². The summed E-state index contributed by atoms with van der Waals surface area (Å²) >= 11 is 0. The van der Waals surface area contributed by atoms with Crippen molar-refractivity contribution in [2.75, 3.05) is 7.05 Å². The zero-order chi connectivity index (χ0) is 11.3. The van der Waals surface area contributed by atoms with Crippen molar-refractivity contribution in [2.24, 2.45) is 0 Å². The lowest BCUT2D eigenvalue weighted by Crippen LogP contribution is -2.46. The first kappa shape index (κ1) is 11.0. The van der Waals surface area contributed by atoms with Crippen LogP contribution in [0, 0.1) is 5.82 Å². The molecule has 0 aliphatic rings. The van der Waals surface area contributed by atoms with Gasteiger partial charge < -0.3 is 5.32 Å². The predicted molar refractivity (Wildman–Crippen MR) is 51.5 cm³/mol. The van der Waals surface area contributed by atoms with Crippen LogP contribution in [0.2, 0.25) is 0 Å². The van der Waals surface area contributed by atoms with E-state index in [1.54, 1.807) is 0 Å². The van der Waals surface area contributed by atoms with Gasteiger partial charge in [-0.1, -0.05) is 12.1 Å². The Bertz CT molecular complexity index is 381. The van der Waals surface area contributed by atoms with Crippen molar-refractivity contribution in [3.8, 4) is 0 Å². The number of halogens is 1. The number of rotatable bonds is 1. The summed E-state index contributed by atoms with van der Waals surface area (Å²) in [5, 5.41) is 2.23. The average Bonchev–Trinajstić information content (AvgIpc) is 2.26. The minimum atomic E-state index is -0.711. The summed E-state index contributed by atoms with van der Waals surface area (Å²) in [5.74, 6) is -1.36. The molecule has 0 aliphatic carbocycles. The lowest BCUT2D eigenvalue weighted by molar-refractivity contribution is 0.0932. The third-order valence-electron chi connectivity index (χ3n) is 1.64. The number of amides is 3. The molecule has 0 fully saturated rings. The van der Waals surface area contributed by atoms with Crippen molar-refractivity contribution in [2.45, 2.75) is 0 Å². The molecule has 0 saturated carbocycles. The lowest BCUT2D eigenvalue weighted by Gasteiger charge is -2.06. The van der Waals surface area contributed by atoms with Gasteiger partial charge in [-0.3, -0.25) is 10.2 Å². The molecule has 0 radical (unpaired) electrons. The standard InChI is InChI=1S/C9H10FN3O2/c1-11-9(15)13-12-8(14)6-4-2-3-5-7(6)10/h2-5H,1H3,(H,12,14)(H2,11,13,15). The van der Waals surface area contributed by atoms with Gasteiger partial charge in [-0.25, -0.2) is 14.6 Å². The average molecular weight is 211 g/mol. The van der Waals surface area contributed by atoms with E-state index in [-0.39, 0.29) is 5.56 Å². The maximum atomic E-state index is 13.1. The summed E-state index contributed by atoms with van der Waals surface area (Å²) in [5.41, 5.74) is 3.96. The van der Waals surface area contributed by atoms with Gasteiger partial charge in [0.1, 0.15) is 5.82 Å². The smallest absolute Gasteiger partial charge is 0.333 e. The topological polar surface area (TPSA) is 70.2 Å². The first-order chi connectivity index (χ1) is 7.15. The second-order valence-electron chi connectivity index (χ2n) is 2.64. The summed E-state index contributed by atoms with van der Waals surface area (Å²) in [7, 11) is 1.39. The van der Waals surface area contributed by atoms with E-state index in [4.69, 9.17) is 0 Å². The highest BCUT2D eigenvalue weighted by Crippen LogP contribution is 2.04. The molecule has 3 amide bonds. The van der Waals surface area contributed by atoms with E-state index in [9.17, 15) is 14.0 Å². The molecule has 1 rings (SSSR count). The Balaban J connectivity index is 2.62. The van der Waals surface area contributed by atoms with Gasteiger partial charge in [-0.15, -0.1) is 0 Å². The van der Waals surface area contributed by atoms with Gasteiger partial charge in [-0.2, -0.15) is 0 Å². The normalized spacial score (nSPS) is 9.20. The van der Waals surface area contributed by atoms with E-state index in [2.05, 4.69) is 5.32 Å². The Morgan fingerprint density at radius 1 is 1.20 bits per heavy atom. The van der Waals surface area contributed by atoms with E-state index in [0.29, 0.717) is 0 Å². The summed E-state index contributed by atoms with van der Waals surface area (Å²) in [6.45, 7) is 0. The maximum Gasteiger partial charge on any atom is 0.333 e. The van der Waals surface area contributed by atoms with E-state index >= 15 is 0 Å². The second kappa shape index (κ2) is 4.94. The molecule has 0 spiro atoms. The molecule has 0 aliphatic heterocycles. The van der Waals surface area contributed by atoms with Gasteiger partial charge in [0, 0.05) is 7.05 Å². The van der Waals surface area contributed by atoms with Crippen LogP contribution < -0.4 is 16.2 Å². The molecular formula is C9H10FN3O2. The van der Waals surface area contributed by atoms with Crippen LogP contribution in [0.25, 0.3) is 0 Å². The number of hydrogen-bond acceptors (Lipinski definition) is 2. The van der Waals surface area contributed by atoms with Crippen LogP contribution in [0.3, 0.4) is 0 Å². The number of carbonyl (C=O) groups is 2. The van der Waals surface area contributed by atoms with E-state index in [1.165, 1.54) is 25.2 Å². The molecule has 15 heavy (non-hydrogen) atoms. The highest BCUT2D eigenvalue weighted by atomic mass is 19.1. The van der Waals surface area contributed by atoms with Crippen LogP contribution >= 0.6 is 0 Å². The van der Waals surface area contributed by atoms with Gasteiger partial charge >= 0.3 is 6.03 Å². The summed E-state index contributed by atoms with van der Waals surface area (Å²) < 4.78 is 13.1. The molecule has 0 saturated heterocycles. The first-order valence-electron chi connectivity index (χ1n) is 4.17. The monoisotopic (exact) mass is 211 g/mol. The Morgan fingerprint density at radius 2 is 1.87 bits per heavy atom. The van der Waals surface area contributed by atoms with Crippen molar-refractivity contribution < 1.29 is 14.0 Å². The molecule has 5 nitrogen and oxygen atoms in total. The number of hydrazine groups is 1. The highest BCUT2D eigenvalue weighted by Gasteiger charge is 2.10. The summed E-state index contributed by atoms with van der Waals surface area (Å²) in [6, 6.07) is 4.89. The van der Waals surface area contributed by atoms with Crippen molar-refractivity contribution in [1.29, 1.82) is 0 Å².